The molecule has 1 N–H and O–H groups in total. The van der Waals surface area contributed by atoms with E-state index in [1.165, 1.54) is 17.2 Å². The van der Waals surface area contributed by atoms with E-state index in [0.29, 0.717) is 24.2 Å². The minimum Gasteiger partial charge on any atom is -0.351 e. The molecule has 0 bridgehead atoms. The van der Waals surface area contributed by atoms with Gasteiger partial charge in [0.05, 0.1) is 5.52 Å². The molecular weight excluding hydrogens is 339 g/mol. The van der Waals surface area contributed by atoms with Crippen molar-refractivity contribution in [1.29, 1.82) is 0 Å². The lowest BCUT2D eigenvalue weighted by Crippen LogP contribution is -2.40. The summed E-state index contributed by atoms with van der Waals surface area (Å²) in [4.78, 5) is 16.6. The van der Waals surface area contributed by atoms with Crippen LogP contribution in [0.5, 0.6) is 0 Å². The van der Waals surface area contributed by atoms with Crippen LogP contribution in [0.1, 0.15) is 57.9 Å². The van der Waals surface area contributed by atoms with Crippen LogP contribution >= 0.6 is 0 Å². The fourth-order valence-corrected chi connectivity index (χ4v) is 4.85. The Morgan fingerprint density at radius 3 is 2.81 bits per heavy atom. The van der Waals surface area contributed by atoms with E-state index in [2.05, 4.69) is 22.4 Å². The number of aromatic nitrogens is 1. The molecule has 1 aromatic carbocycles. The summed E-state index contributed by atoms with van der Waals surface area (Å²) in [6.45, 7) is 6.03. The molecule has 2 aliphatic rings. The fourth-order valence-electron chi connectivity index (χ4n) is 4.85. The average molecular weight is 366 g/mol. The van der Waals surface area contributed by atoms with Crippen LogP contribution in [0.15, 0.2) is 42.1 Å². The molecule has 3 nitrogen and oxygen atoms in total. The number of hydrogen-bond acceptors (Lipinski definition) is 2. The molecule has 0 radical (unpaired) electrons. The number of halogens is 1. The lowest BCUT2D eigenvalue weighted by atomic mass is 9.91. The maximum Gasteiger partial charge on any atom is 0.224 e. The van der Waals surface area contributed by atoms with Gasteiger partial charge >= 0.3 is 0 Å². The third kappa shape index (κ3) is 3.90. The first kappa shape index (κ1) is 18.1. The highest BCUT2D eigenvalue weighted by Crippen LogP contribution is 2.50. The van der Waals surface area contributed by atoms with E-state index >= 15 is 0 Å². The van der Waals surface area contributed by atoms with E-state index in [4.69, 9.17) is 0 Å². The molecule has 2 aliphatic carbocycles. The van der Waals surface area contributed by atoms with E-state index in [-0.39, 0.29) is 17.3 Å². The van der Waals surface area contributed by atoms with Crippen molar-refractivity contribution in [1.82, 2.24) is 10.3 Å². The number of amides is 1. The lowest BCUT2D eigenvalue weighted by Gasteiger charge is -2.21. The zero-order chi connectivity index (χ0) is 19.2. The van der Waals surface area contributed by atoms with Crippen LogP contribution in [0.3, 0.4) is 0 Å². The molecule has 0 aliphatic heterocycles. The van der Waals surface area contributed by atoms with Gasteiger partial charge in [-0.1, -0.05) is 11.6 Å². The van der Waals surface area contributed by atoms with Crippen LogP contribution in [0.2, 0.25) is 0 Å². The van der Waals surface area contributed by atoms with Crippen LogP contribution in [-0.2, 0) is 4.79 Å². The number of nitrogens with one attached hydrogen (secondary N) is 1. The van der Waals surface area contributed by atoms with Crippen molar-refractivity contribution in [3.8, 4) is 0 Å². The van der Waals surface area contributed by atoms with Crippen LogP contribution in [-0.4, -0.2) is 16.4 Å². The molecule has 1 heterocycles. The maximum absolute atomic E-state index is 13.7. The Labute approximate surface area is 160 Å². The average Bonchev–Trinajstić information content (AvgIpc) is 3.10. The highest BCUT2D eigenvalue weighted by Gasteiger charge is 2.38. The second-order valence-electron chi connectivity index (χ2n) is 9.16. The molecule has 27 heavy (non-hydrogen) atoms. The minimum atomic E-state index is -0.206. The molecule has 1 saturated carbocycles. The number of rotatable bonds is 3. The van der Waals surface area contributed by atoms with Crippen molar-refractivity contribution >= 4 is 16.8 Å². The lowest BCUT2D eigenvalue weighted by molar-refractivity contribution is -0.121. The molecular formula is C23H27FN2O. The van der Waals surface area contributed by atoms with E-state index < -0.39 is 0 Å². The van der Waals surface area contributed by atoms with Gasteiger partial charge in [0.2, 0.25) is 5.91 Å². The van der Waals surface area contributed by atoms with Crippen molar-refractivity contribution in [2.24, 2.45) is 11.8 Å². The van der Waals surface area contributed by atoms with Crippen LogP contribution in [0.25, 0.3) is 10.9 Å². The number of benzene rings is 1. The summed E-state index contributed by atoms with van der Waals surface area (Å²) in [5.74, 6) is 1.48. The third-order valence-corrected chi connectivity index (χ3v) is 5.80. The Morgan fingerprint density at radius 1 is 1.26 bits per heavy atom. The minimum absolute atomic E-state index is 0.112. The summed E-state index contributed by atoms with van der Waals surface area (Å²) in [5.41, 5.74) is 3.17. The largest absolute Gasteiger partial charge is 0.351 e. The fraction of sp³-hybridized carbons (Fsp3) is 0.478. The van der Waals surface area contributed by atoms with Crippen LogP contribution in [0.4, 0.5) is 4.39 Å². The van der Waals surface area contributed by atoms with Gasteiger partial charge in [-0.2, -0.15) is 0 Å². The summed E-state index contributed by atoms with van der Waals surface area (Å²) in [7, 11) is 0. The normalized spacial score (nSPS) is 24.7. The summed E-state index contributed by atoms with van der Waals surface area (Å²) in [6.07, 6.45) is 7.86. The second kappa shape index (κ2) is 6.74. The van der Waals surface area contributed by atoms with Gasteiger partial charge in [0.1, 0.15) is 5.82 Å². The van der Waals surface area contributed by atoms with Crippen molar-refractivity contribution in [2.45, 2.75) is 57.9 Å². The van der Waals surface area contributed by atoms with Crippen molar-refractivity contribution in [3.05, 3.63) is 53.5 Å². The van der Waals surface area contributed by atoms with Gasteiger partial charge in [-0.15, -0.1) is 0 Å². The van der Waals surface area contributed by atoms with Gasteiger partial charge in [0.25, 0.3) is 0 Å². The van der Waals surface area contributed by atoms with E-state index in [1.54, 1.807) is 12.1 Å². The van der Waals surface area contributed by atoms with E-state index in [1.807, 2.05) is 27.0 Å². The summed E-state index contributed by atoms with van der Waals surface area (Å²) < 4.78 is 13.7. The summed E-state index contributed by atoms with van der Waals surface area (Å²) >= 11 is 0. The highest BCUT2D eigenvalue weighted by molar-refractivity contribution is 5.82. The predicted octanol–water partition coefficient (Wildman–Crippen LogP) is 5.12. The standard InChI is InChI=1S/C23H27FN2O/c1-23(2,3)26-22(27)10-14-8-15-11-17(12-16(15)9-14)19-6-7-25-21-5-4-18(24)13-20(19)21/h4-8,13,15-17H,9-12H2,1-3H3,(H,26,27)/t15-,16+,17+/m0/s1. The Morgan fingerprint density at radius 2 is 2.07 bits per heavy atom. The van der Waals surface area contributed by atoms with E-state index in [0.717, 1.165) is 30.2 Å². The van der Waals surface area contributed by atoms with Gasteiger partial charge in [-0.25, -0.2) is 4.39 Å². The first-order valence-corrected chi connectivity index (χ1v) is 9.83. The van der Waals surface area contributed by atoms with Gasteiger partial charge < -0.3 is 5.32 Å². The molecule has 4 rings (SSSR count). The predicted molar refractivity (Wildman–Crippen MR) is 106 cm³/mol. The third-order valence-electron chi connectivity index (χ3n) is 5.80. The molecule has 3 atom stereocenters. The molecule has 0 spiro atoms. The van der Waals surface area contributed by atoms with Gasteiger partial charge in [-0.05, 0) is 87.6 Å². The monoisotopic (exact) mass is 366 g/mol. The zero-order valence-corrected chi connectivity index (χ0v) is 16.3. The van der Waals surface area contributed by atoms with Crippen molar-refractivity contribution in [3.63, 3.8) is 0 Å². The van der Waals surface area contributed by atoms with E-state index in [9.17, 15) is 9.18 Å². The summed E-state index contributed by atoms with van der Waals surface area (Å²) in [6, 6.07) is 6.90. The van der Waals surface area contributed by atoms with Gasteiger partial charge in [-0.3, -0.25) is 9.78 Å². The van der Waals surface area contributed by atoms with Crippen LogP contribution in [0, 0.1) is 17.7 Å². The Bertz CT molecular complexity index is 912. The molecule has 0 unspecified atom stereocenters. The SMILES string of the molecule is CC(C)(C)NC(=O)CC1=C[C@H]2C[C@@H](c3ccnc4ccc(F)cc34)C[C@H]2C1. The highest BCUT2D eigenvalue weighted by atomic mass is 19.1. The number of fused-ring (bicyclic) bond motifs is 2. The Balaban J connectivity index is 1.48. The second-order valence-corrected chi connectivity index (χ2v) is 9.16. The van der Waals surface area contributed by atoms with Crippen LogP contribution < -0.4 is 5.32 Å². The summed E-state index contributed by atoms with van der Waals surface area (Å²) in [5, 5.41) is 3.99. The molecule has 0 saturated heterocycles. The van der Waals surface area contributed by atoms with Crippen molar-refractivity contribution < 1.29 is 9.18 Å². The molecule has 142 valence electrons. The molecule has 1 amide bonds. The number of hydrogen-bond donors (Lipinski definition) is 1. The topological polar surface area (TPSA) is 42.0 Å². The first-order chi connectivity index (χ1) is 12.8. The Hall–Kier alpha value is -2.23. The number of nitrogens with zero attached hydrogens (tertiary/aromatic N) is 1. The quantitative estimate of drug-likeness (QED) is 0.766. The maximum atomic E-state index is 13.7. The number of allylic oxidation sites excluding steroid dienone is 1. The first-order valence-electron chi connectivity index (χ1n) is 9.83. The molecule has 4 heteroatoms. The number of carbonyl (C=O) groups excluding carboxylic acids is 1. The molecule has 1 aromatic heterocycles. The molecule has 2 aromatic rings. The Kier molecular flexibility index (Phi) is 4.53. The van der Waals surface area contributed by atoms with Gasteiger partial charge in [0, 0.05) is 23.5 Å². The molecule has 1 fully saturated rings. The number of carbonyl (C=O) groups is 1. The zero-order valence-electron chi connectivity index (χ0n) is 16.3. The smallest absolute Gasteiger partial charge is 0.224 e. The van der Waals surface area contributed by atoms with Gasteiger partial charge in [0.15, 0.2) is 0 Å². The van der Waals surface area contributed by atoms with Crippen molar-refractivity contribution in [2.75, 3.05) is 0 Å². The number of pyridine rings is 1.